The maximum absolute atomic E-state index is 5.66. The number of morpholine rings is 2. The van der Waals surface area contributed by atoms with Crippen LogP contribution in [0.4, 0.5) is 0 Å². The fourth-order valence-corrected chi connectivity index (χ4v) is 3.45. The minimum atomic E-state index is 0.410. The quantitative estimate of drug-likeness (QED) is 0.792. The minimum absolute atomic E-state index is 0.410. The van der Waals surface area contributed by atoms with Crippen LogP contribution in [0.5, 0.6) is 0 Å². The van der Waals surface area contributed by atoms with Crippen LogP contribution >= 0.6 is 0 Å². The maximum atomic E-state index is 5.66. The highest BCUT2D eigenvalue weighted by Crippen LogP contribution is 2.12. The SMILES string of the molecule is CC(C)CN1CC(C)OC(C)C1.CC(C)CN1CCOCC1C. The van der Waals surface area contributed by atoms with Gasteiger partial charge in [-0.3, -0.25) is 9.80 Å². The van der Waals surface area contributed by atoms with E-state index in [1.807, 2.05) is 0 Å². The van der Waals surface area contributed by atoms with Crippen molar-refractivity contribution in [2.24, 2.45) is 11.8 Å². The van der Waals surface area contributed by atoms with E-state index in [9.17, 15) is 0 Å². The van der Waals surface area contributed by atoms with Crippen LogP contribution in [-0.2, 0) is 9.47 Å². The Hall–Kier alpha value is -0.160. The predicted octanol–water partition coefficient (Wildman–Crippen LogP) is 3.11. The van der Waals surface area contributed by atoms with E-state index < -0.39 is 0 Å². The van der Waals surface area contributed by atoms with Crippen LogP contribution in [0, 0.1) is 11.8 Å². The Labute approximate surface area is 144 Å². The molecule has 0 N–H and O–H groups in total. The highest BCUT2D eigenvalue weighted by molar-refractivity contribution is 4.73. The Morgan fingerprint density at radius 2 is 1.48 bits per heavy atom. The summed E-state index contributed by atoms with van der Waals surface area (Å²) in [7, 11) is 0. The molecule has 0 aromatic carbocycles. The number of hydrogen-bond donors (Lipinski definition) is 0. The molecule has 0 spiro atoms. The summed E-state index contributed by atoms with van der Waals surface area (Å²) in [5.74, 6) is 1.54. The van der Waals surface area contributed by atoms with Crippen molar-refractivity contribution in [1.82, 2.24) is 9.80 Å². The van der Waals surface area contributed by atoms with E-state index in [4.69, 9.17) is 9.47 Å². The van der Waals surface area contributed by atoms with Gasteiger partial charge in [0.1, 0.15) is 0 Å². The average Bonchev–Trinajstić information content (AvgIpc) is 2.39. The summed E-state index contributed by atoms with van der Waals surface area (Å²) in [5, 5.41) is 0. The second kappa shape index (κ2) is 10.7. The van der Waals surface area contributed by atoms with Crippen LogP contribution in [0.1, 0.15) is 48.5 Å². The third-order valence-corrected chi connectivity index (χ3v) is 4.22. The molecule has 2 aliphatic rings. The molecule has 23 heavy (non-hydrogen) atoms. The lowest BCUT2D eigenvalue weighted by atomic mass is 10.1. The molecular weight excluding hydrogens is 288 g/mol. The smallest absolute Gasteiger partial charge is 0.0678 e. The summed E-state index contributed by atoms with van der Waals surface area (Å²) in [6, 6.07) is 0.617. The first-order chi connectivity index (χ1) is 10.8. The molecule has 0 aromatic rings. The molecule has 2 aliphatic heterocycles. The highest BCUT2D eigenvalue weighted by atomic mass is 16.5. The Kier molecular flexibility index (Phi) is 9.67. The molecule has 3 atom stereocenters. The molecule has 0 aliphatic carbocycles. The molecule has 2 heterocycles. The van der Waals surface area contributed by atoms with Crippen LogP contribution in [0.15, 0.2) is 0 Å². The lowest BCUT2D eigenvalue weighted by Gasteiger charge is -2.36. The standard InChI is InChI=1S/C10H21NO.C9H19NO/c1-8(2)5-11-6-9(3)12-10(4)7-11;1-8(2)6-10-4-5-11-7-9(10)3/h8-10H,5-7H2,1-4H3;8-9H,4-7H2,1-3H3. The zero-order valence-corrected chi connectivity index (χ0v) is 16.5. The van der Waals surface area contributed by atoms with E-state index >= 15 is 0 Å². The molecule has 4 nitrogen and oxygen atoms in total. The van der Waals surface area contributed by atoms with Crippen LogP contribution in [0.3, 0.4) is 0 Å². The lowest BCUT2D eigenvalue weighted by molar-refractivity contribution is -0.0704. The highest BCUT2D eigenvalue weighted by Gasteiger charge is 2.22. The monoisotopic (exact) mass is 328 g/mol. The molecule has 2 saturated heterocycles. The van der Waals surface area contributed by atoms with Gasteiger partial charge in [-0.05, 0) is 32.6 Å². The van der Waals surface area contributed by atoms with Gasteiger partial charge in [-0.25, -0.2) is 0 Å². The molecule has 4 heteroatoms. The molecular formula is C19H40N2O2. The van der Waals surface area contributed by atoms with Crippen molar-refractivity contribution in [1.29, 1.82) is 0 Å². The predicted molar refractivity (Wildman–Crippen MR) is 98.0 cm³/mol. The number of ether oxygens (including phenoxy) is 2. The first-order valence-electron chi connectivity index (χ1n) is 9.47. The number of rotatable bonds is 4. The average molecular weight is 329 g/mol. The fourth-order valence-electron chi connectivity index (χ4n) is 3.45. The summed E-state index contributed by atoms with van der Waals surface area (Å²) >= 11 is 0. The van der Waals surface area contributed by atoms with Gasteiger partial charge in [0.05, 0.1) is 25.4 Å². The molecule has 2 fully saturated rings. The molecule has 2 rings (SSSR count). The molecule has 3 unspecified atom stereocenters. The Morgan fingerprint density at radius 1 is 0.913 bits per heavy atom. The van der Waals surface area contributed by atoms with Gasteiger partial charge in [-0.1, -0.05) is 27.7 Å². The van der Waals surface area contributed by atoms with Gasteiger partial charge in [0.15, 0.2) is 0 Å². The van der Waals surface area contributed by atoms with Crippen LogP contribution in [-0.4, -0.2) is 74.0 Å². The van der Waals surface area contributed by atoms with Crippen molar-refractivity contribution in [3.8, 4) is 0 Å². The van der Waals surface area contributed by atoms with Gasteiger partial charge in [0, 0.05) is 38.8 Å². The van der Waals surface area contributed by atoms with Gasteiger partial charge < -0.3 is 9.47 Å². The summed E-state index contributed by atoms with van der Waals surface area (Å²) < 4.78 is 11.0. The first kappa shape index (κ1) is 20.9. The number of nitrogens with zero attached hydrogens (tertiary/aromatic N) is 2. The normalized spacial score (nSPS) is 30.4. The van der Waals surface area contributed by atoms with Crippen molar-refractivity contribution in [3.63, 3.8) is 0 Å². The Balaban J connectivity index is 0.000000231. The van der Waals surface area contributed by atoms with Crippen molar-refractivity contribution < 1.29 is 9.47 Å². The summed E-state index contributed by atoms with van der Waals surface area (Å²) in [6.07, 6.45) is 0.819. The van der Waals surface area contributed by atoms with Crippen LogP contribution in [0.2, 0.25) is 0 Å². The molecule has 0 saturated carbocycles. The molecule has 0 amide bonds. The summed E-state index contributed by atoms with van der Waals surface area (Å²) in [5.41, 5.74) is 0. The second-order valence-corrected chi connectivity index (χ2v) is 8.18. The van der Waals surface area contributed by atoms with Crippen molar-refractivity contribution in [3.05, 3.63) is 0 Å². The van der Waals surface area contributed by atoms with Crippen molar-refractivity contribution in [2.75, 3.05) is 45.9 Å². The van der Waals surface area contributed by atoms with Gasteiger partial charge >= 0.3 is 0 Å². The van der Waals surface area contributed by atoms with Gasteiger partial charge in [0.2, 0.25) is 0 Å². The van der Waals surface area contributed by atoms with E-state index in [0.717, 1.165) is 44.7 Å². The van der Waals surface area contributed by atoms with Crippen molar-refractivity contribution >= 4 is 0 Å². The number of hydrogen-bond acceptors (Lipinski definition) is 4. The fraction of sp³-hybridized carbons (Fsp3) is 1.00. The third kappa shape index (κ3) is 9.04. The summed E-state index contributed by atoms with van der Waals surface area (Å²) in [6.45, 7) is 23.2. The zero-order valence-electron chi connectivity index (χ0n) is 16.5. The topological polar surface area (TPSA) is 24.9 Å². The summed E-state index contributed by atoms with van der Waals surface area (Å²) in [4.78, 5) is 5.01. The molecule has 0 radical (unpaired) electrons. The minimum Gasteiger partial charge on any atom is -0.379 e. The molecule has 0 bridgehead atoms. The van der Waals surface area contributed by atoms with Gasteiger partial charge in [-0.2, -0.15) is 0 Å². The van der Waals surface area contributed by atoms with Crippen LogP contribution < -0.4 is 0 Å². The second-order valence-electron chi connectivity index (χ2n) is 8.18. The Morgan fingerprint density at radius 3 is 1.96 bits per heavy atom. The molecule has 138 valence electrons. The van der Waals surface area contributed by atoms with Gasteiger partial charge in [0.25, 0.3) is 0 Å². The maximum Gasteiger partial charge on any atom is 0.0678 e. The van der Waals surface area contributed by atoms with E-state index in [1.54, 1.807) is 0 Å². The first-order valence-corrected chi connectivity index (χ1v) is 9.47. The van der Waals surface area contributed by atoms with E-state index in [2.05, 4.69) is 58.3 Å². The van der Waals surface area contributed by atoms with E-state index in [-0.39, 0.29) is 0 Å². The van der Waals surface area contributed by atoms with Crippen LogP contribution in [0.25, 0.3) is 0 Å². The largest absolute Gasteiger partial charge is 0.379 e. The van der Waals surface area contributed by atoms with Gasteiger partial charge in [-0.15, -0.1) is 0 Å². The Bertz CT molecular complexity index is 297. The molecule has 0 aromatic heterocycles. The van der Waals surface area contributed by atoms with E-state index in [1.165, 1.54) is 13.1 Å². The van der Waals surface area contributed by atoms with Crippen molar-refractivity contribution in [2.45, 2.75) is 66.7 Å². The third-order valence-electron chi connectivity index (χ3n) is 4.22. The lowest BCUT2D eigenvalue weighted by Crippen LogP contribution is -2.46. The zero-order chi connectivity index (χ0) is 17.4. The van der Waals surface area contributed by atoms with E-state index in [0.29, 0.717) is 18.2 Å².